The number of rotatable bonds is 6. The lowest BCUT2D eigenvalue weighted by molar-refractivity contribution is -0.126. The van der Waals surface area contributed by atoms with Crippen molar-refractivity contribution in [1.82, 2.24) is 15.5 Å². The minimum absolute atomic E-state index is 0.0158. The van der Waals surface area contributed by atoms with E-state index in [1.54, 1.807) is 0 Å². The van der Waals surface area contributed by atoms with E-state index in [1.165, 1.54) is 6.42 Å². The summed E-state index contributed by atoms with van der Waals surface area (Å²) in [4.78, 5) is 14.0. The van der Waals surface area contributed by atoms with E-state index >= 15 is 0 Å². The largest absolute Gasteiger partial charge is 0.355 e. The maximum Gasteiger partial charge on any atom is 0.237 e. The molecule has 2 N–H and O–H groups in total. The molecule has 0 aromatic rings. The van der Waals surface area contributed by atoms with Crippen molar-refractivity contribution >= 4 is 5.91 Å². The van der Waals surface area contributed by atoms with Gasteiger partial charge >= 0.3 is 0 Å². The Hall–Kier alpha value is -0.610. The number of likely N-dealkylation sites (N-methyl/N-ethyl adjacent to an activating group) is 1. The Balaban J connectivity index is 2.28. The molecule has 1 rings (SSSR count). The van der Waals surface area contributed by atoms with Gasteiger partial charge in [0.15, 0.2) is 0 Å². The van der Waals surface area contributed by atoms with Crippen LogP contribution in [0.5, 0.6) is 0 Å². The van der Waals surface area contributed by atoms with Crippen LogP contribution in [-0.2, 0) is 4.79 Å². The molecule has 0 spiro atoms. The Morgan fingerprint density at radius 3 is 2.53 bits per heavy atom. The number of hydrogen-bond donors (Lipinski definition) is 2. The van der Waals surface area contributed by atoms with Crippen LogP contribution in [0, 0.1) is 0 Å². The molecule has 1 aliphatic heterocycles. The molecule has 1 amide bonds. The Kier molecular flexibility index (Phi) is 6.52. The van der Waals surface area contributed by atoms with E-state index in [0.29, 0.717) is 6.04 Å². The molecule has 17 heavy (non-hydrogen) atoms. The molecule has 1 heterocycles. The lowest BCUT2D eigenvalue weighted by Crippen LogP contribution is -2.51. The molecule has 1 aliphatic rings. The van der Waals surface area contributed by atoms with Crippen LogP contribution in [-0.4, -0.2) is 49.1 Å². The second kappa shape index (κ2) is 7.67. The number of nitrogens with zero attached hydrogens (tertiary/aromatic N) is 1. The quantitative estimate of drug-likeness (QED) is 0.728. The molecule has 1 unspecified atom stereocenters. The fraction of sp³-hybridized carbons (Fsp3) is 0.923. The summed E-state index contributed by atoms with van der Waals surface area (Å²) in [6.45, 7) is 10.0. The molecule has 1 fully saturated rings. The summed E-state index contributed by atoms with van der Waals surface area (Å²) >= 11 is 0. The van der Waals surface area contributed by atoms with E-state index in [-0.39, 0.29) is 11.9 Å². The zero-order chi connectivity index (χ0) is 12.7. The van der Waals surface area contributed by atoms with E-state index in [2.05, 4.69) is 22.5 Å². The predicted octanol–water partition coefficient (Wildman–Crippen LogP) is 0.975. The highest BCUT2D eigenvalue weighted by molar-refractivity contribution is 5.81. The molecule has 0 bridgehead atoms. The molecule has 0 aromatic heterocycles. The minimum atomic E-state index is 0.0158. The van der Waals surface area contributed by atoms with Crippen LogP contribution < -0.4 is 10.6 Å². The Bertz CT molecular complexity index is 225. The van der Waals surface area contributed by atoms with Gasteiger partial charge in [-0.25, -0.2) is 0 Å². The highest BCUT2D eigenvalue weighted by Gasteiger charge is 2.25. The van der Waals surface area contributed by atoms with E-state index < -0.39 is 0 Å². The van der Waals surface area contributed by atoms with Crippen molar-refractivity contribution in [2.75, 3.05) is 26.2 Å². The number of likely N-dealkylation sites (tertiary alicyclic amines) is 1. The van der Waals surface area contributed by atoms with Crippen molar-refractivity contribution in [2.24, 2.45) is 0 Å². The summed E-state index contributed by atoms with van der Waals surface area (Å²) in [6.07, 6.45) is 3.50. The number of hydrogen-bond acceptors (Lipinski definition) is 3. The van der Waals surface area contributed by atoms with Crippen LogP contribution in [0.2, 0.25) is 0 Å². The third-order valence-corrected chi connectivity index (χ3v) is 3.49. The summed E-state index contributed by atoms with van der Waals surface area (Å²) < 4.78 is 0. The second-order valence-electron chi connectivity index (χ2n) is 4.83. The van der Waals surface area contributed by atoms with Crippen LogP contribution in [0.25, 0.3) is 0 Å². The molecule has 0 saturated carbocycles. The highest BCUT2D eigenvalue weighted by Crippen LogP contribution is 2.13. The van der Waals surface area contributed by atoms with Gasteiger partial charge < -0.3 is 10.6 Å². The van der Waals surface area contributed by atoms with Gasteiger partial charge in [0.2, 0.25) is 5.91 Å². The van der Waals surface area contributed by atoms with Gasteiger partial charge in [-0.3, -0.25) is 9.69 Å². The smallest absolute Gasteiger partial charge is 0.237 e. The topological polar surface area (TPSA) is 44.4 Å². The van der Waals surface area contributed by atoms with Gasteiger partial charge in [-0.1, -0.05) is 6.92 Å². The zero-order valence-corrected chi connectivity index (χ0v) is 11.5. The molecule has 0 radical (unpaired) electrons. The number of piperidine rings is 1. The summed E-state index contributed by atoms with van der Waals surface area (Å²) in [5.74, 6) is 0.160. The maximum absolute atomic E-state index is 11.7. The first-order valence-corrected chi connectivity index (χ1v) is 6.94. The van der Waals surface area contributed by atoms with Crippen LogP contribution in [0.3, 0.4) is 0 Å². The summed E-state index contributed by atoms with van der Waals surface area (Å²) in [7, 11) is 0. The van der Waals surface area contributed by atoms with Crippen molar-refractivity contribution in [2.45, 2.75) is 52.1 Å². The third-order valence-electron chi connectivity index (χ3n) is 3.49. The van der Waals surface area contributed by atoms with E-state index in [1.807, 2.05) is 13.8 Å². The van der Waals surface area contributed by atoms with E-state index in [0.717, 1.165) is 39.0 Å². The third kappa shape index (κ3) is 4.64. The molecular formula is C13H27N3O. The molecule has 100 valence electrons. The summed E-state index contributed by atoms with van der Waals surface area (Å²) in [5.41, 5.74) is 0. The average Bonchev–Trinajstić information content (AvgIpc) is 2.36. The van der Waals surface area contributed by atoms with Crippen LogP contribution in [0.1, 0.15) is 40.0 Å². The fourth-order valence-electron chi connectivity index (χ4n) is 2.33. The lowest BCUT2D eigenvalue weighted by Gasteiger charge is -2.35. The first kappa shape index (κ1) is 14.5. The van der Waals surface area contributed by atoms with Crippen LogP contribution >= 0.6 is 0 Å². The van der Waals surface area contributed by atoms with Crippen molar-refractivity contribution in [3.63, 3.8) is 0 Å². The van der Waals surface area contributed by atoms with Gasteiger partial charge in [0.25, 0.3) is 0 Å². The van der Waals surface area contributed by atoms with Gasteiger partial charge in [0, 0.05) is 25.7 Å². The Labute approximate surface area is 105 Å². The maximum atomic E-state index is 11.7. The van der Waals surface area contributed by atoms with Gasteiger partial charge in [0.05, 0.1) is 6.04 Å². The number of carbonyl (C=O) groups excluding carboxylic acids is 1. The SMILES string of the molecule is CCCNC1CCN(C(C)C(=O)NCC)CC1. The van der Waals surface area contributed by atoms with Crippen molar-refractivity contribution < 1.29 is 4.79 Å². The number of carbonyl (C=O) groups is 1. The fourth-order valence-corrected chi connectivity index (χ4v) is 2.33. The summed E-state index contributed by atoms with van der Waals surface area (Å²) in [6, 6.07) is 0.662. The highest BCUT2D eigenvalue weighted by atomic mass is 16.2. The van der Waals surface area contributed by atoms with E-state index in [4.69, 9.17) is 0 Å². The van der Waals surface area contributed by atoms with E-state index in [9.17, 15) is 4.79 Å². The number of nitrogens with one attached hydrogen (secondary N) is 2. The molecule has 1 saturated heterocycles. The van der Waals surface area contributed by atoms with Gasteiger partial charge in [-0.15, -0.1) is 0 Å². The molecule has 0 aromatic carbocycles. The molecule has 1 atom stereocenters. The van der Waals surface area contributed by atoms with Crippen LogP contribution in [0.4, 0.5) is 0 Å². The standard InChI is InChI=1S/C13H27N3O/c1-4-8-15-12-6-9-16(10-7-12)11(3)13(17)14-5-2/h11-12,15H,4-10H2,1-3H3,(H,14,17). The number of amides is 1. The Morgan fingerprint density at radius 2 is 2.00 bits per heavy atom. The molecular weight excluding hydrogens is 214 g/mol. The first-order valence-electron chi connectivity index (χ1n) is 6.94. The lowest BCUT2D eigenvalue weighted by atomic mass is 10.0. The van der Waals surface area contributed by atoms with Gasteiger partial charge in [-0.2, -0.15) is 0 Å². The molecule has 4 nitrogen and oxygen atoms in total. The molecule has 0 aliphatic carbocycles. The zero-order valence-electron chi connectivity index (χ0n) is 11.5. The average molecular weight is 241 g/mol. The van der Waals surface area contributed by atoms with Gasteiger partial charge in [0.1, 0.15) is 0 Å². The summed E-state index contributed by atoms with van der Waals surface area (Å²) in [5, 5.41) is 6.45. The van der Waals surface area contributed by atoms with Crippen molar-refractivity contribution in [3.8, 4) is 0 Å². The van der Waals surface area contributed by atoms with Gasteiger partial charge in [-0.05, 0) is 39.7 Å². The van der Waals surface area contributed by atoms with Crippen LogP contribution in [0.15, 0.2) is 0 Å². The first-order chi connectivity index (χ1) is 8.19. The molecule has 4 heteroatoms. The van der Waals surface area contributed by atoms with Crippen molar-refractivity contribution in [3.05, 3.63) is 0 Å². The predicted molar refractivity (Wildman–Crippen MR) is 71.0 cm³/mol. The van der Waals surface area contributed by atoms with Crippen molar-refractivity contribution in [1.29, 1.82) is 0 Å². The normalized spacial score (nSPS) is 20.2. The Morgan fingerprint density at radius 1 is 1.35 bits per heavy atom. The minimum Gasteiger partial charge on any atom is -0.355 e. The second-order valence-corrected chi connectivity index (χ2v) is 4.83. The monoisotopic (exact) mass is 241 g/mol.